The first-order valence-electron chi connectivity index (χ1n) is 7.59. The van der Waals surface area contributed by atoms with Crippen LogP contribution < -0.4 is 10.2 Å². The number of nitrogens with zero attached hydrogens (tertiary/aromatic N) is 1. The molecule has 0 bridgehead atoms. The molecule has 2 rings (SSSR count). The van der Waals surface area contributed by atoms with Crippen LogP contribution in [0.4, 0.5) is 14.5 Å². The van der Waals surface area contributed by atoms with Crippen molar-refractivity contribution in [3.05, 3.63) is 29.3 Å². The first-order chi connectivity index (χ1) is 10.1. The molecule has 1 aromatic rings. The van der Waals surface area contributed by atoms with Crippen LogP contribution in [0.15, 0.2) is 12.1 Å². The van der Waals surface area contributed by atoms with E-state index in [2.05, 4.69) is 5.32 Å². The van der Waals surface area contributed by atoms with E-state index < -0.39 is 11.6 Å². The molecule has 3 nitrogen and oxygen atoms in total. The van der Waals surface area contributed by atoms with Gasteiger partial charge in [-0.25, -0.2) is 8.78 Å². The molecule has 1 N–H and O–H groups in total. The Morgan fingerprint density at radius 2 is 2.05 bits per heavy atom. The van der Waals surface area contributed by atoms with Crippen molar-refractivity contribution in [1.82, 2.24) is 5.32 Å². The van der Waals surface area contributed by atoms with Crippen molar-refractivity contribution in [3.63, 3.8) is 0 Å². The van der Waals surface area contributed by atoms with Gasteiger partial charge in [-0.3, -0.25) is 0 Å². The molecule has 1 heterocycles. The molecule has 0 saturated carbocycles. The molecular weight excluding hydrogens is 274 g/mol. The molecule has 1 aliphatic heterocycles. The summed E-state index contributed by atoms with van der Waals surface area (Å²) in [6.45, 7) is 5.28. The number of nitrogens with one attached hydrogen (secondary N) is 1. The predicted octanol–water partition coefficient (Wildman–Crippen LogP) is 2.94. The molecule has 1 saturated heterocycles. The molecule has 0 amide bonds. The second-order valence-electron chi connectivity index (χ2n) is 5.65. The molecule has 1 aromatic carbocycles. The van der Waals surface area contributed by atoms with Crippen molar-refractivity contribution in [1.29, 1.82) is 0 Å². The fraction of sp³-hybridized carbons (Fsp3) is 0.625. The molecule has 118 valence electrons. The number of hydrogen-bond donors (Lipinski definition) is 1. The number of rotatable bonds is 6. The van der Waals surface area contributed by atoms with Gasteiger partial charge in [0.15, 0.2) is 0 Å². The number of anilines is 1. The van der Waals surface area contributed by atoms with Gasteiger partial charge in [0.2, 0.25) is 0 Å². The lowest BCUT2D eigenvalue weighted by atomic mass is 10.0. The summed E-state index contributed by atoms with van der Waals surface area (Å²) in [6.07, 6.45) is 2.07. The second-order valence-corrected chi connectivity index (χ2v) is 5.65. The van der Waals surface area contributed by atoms with Crippen molar-refractivity contribution in [3.8, 4) is 0 Å². The molecule has 1 unspecified atom stereocenters. The summed E-state index contributed by atoms with van der Waals surface area (Å²) in [5, 5.41) is 3.07. The van der Waals surface area contributed by atoms with Gasteiger partial charge in [0, 0.05) is 26.7 Å². The van der Waals surface area contributed by atoms with Crippen LogP contribution in [0.2, 0.25) is 0 Å². The van der Waals surface area contributed by atoms with E-state index in [1.165, 1.54) is 12.1 Å². The fourth-order valence-corrected chi connectivity index (χ4v) is 2.78. The Balaban J connectivity index is 2.07. The first-order valence-corrected chi connectivity index (χ1v) is 7.59. The third-order valence-corrected chi connectivity index (χ3v) is 3.82. The van der Waals surface area contributed by atoms with Gasteiger partial charge in [-0.15, -0.1) is 0 Å². The van der Waals surface area contributed by atoms with Crippen LogP contribution in [0, 0.1) is 17.6 Å². The number of halogens is 2. The average Bonchev–Trinajstić information content (AvgIpc) is 2.45. The minimum absolute atomic E-state index is 0.0563. The second kappa shape index (κ2) is 7.71. The van der Waals surface area contributed by atoms with E-state index in [1.54, 1.807) is 11.9 Å². The van der Waals surface area contributed by atoms with E-state index in [-0.39, 0.29) is 5.69 Å². The number of benzene rings is 1. The number of hydrogen-bond acceptors (Lipinski definition) is 3. The normalized spacial score (nSPS) is 18.8. The highest BCUT2D eigenvalue weighted by atomic mass is 19.1. The summed E-state index contributed by atoms with van der Waals surface area (Å²) in [5.41, 5.74) is 0.686. The average molecular weight is 298 g/mol. The van der Waals surface area contributed by atoms with Gasteiger partial charge in [0.05, 0.1) is 6.61 Å². The summed E-state index contributed by atoms with van der Waals surface area (Å²) < 4.78 is 33.8. The summed E-state index contributed by atoms with van der Waals surface area (Å²) >= 11 is 0. The van der Waals surface area contributed by atoms with E-state index in [4.69, 9.17) is 4.74 Å². The maximum atomic E-state index is 14.2. The molecule has 5 heteroatoms. The van der Waals surface area contributed by atoms with Gasteiger partial charge in [-0.05, 0) is 43.0 Å². The van der Waals surface area contributed by atoms with E-state index in [9.17, 15) is 8.78 Å². The Kier molecular flexibility index (Phi) is 5.94. The largest absolute Gasteiger partial charge is 0.381 e. The molecule has 1 fully saturated rings. The topological polar surface area (TPSA) is 24.5 Å². The van der Waals surface area contributed by atoms with E-state index in [0.717, 1.165) is 26.0 Å². The smallest absolute Gasteiger partial charge is 0.149 e. The molecule has 0 aromatic heterocycles. The molecular formula is C16H24F2N2O. The van der Waals surface area contributed by atoms with E-state index >= 15 is 0 Å². The Bertz CT molecular complexity index is 439. The van der Waals surface area contributed by atoms with Crippen LogP contribution in [0.25, 0.3) is 0 Å². The predicted molar refractivity (Wildman–Crippen MR) is 80.6 cm³/mol. The molecule has 0 radical (unpaired) electrons. The zero-order chi connectivity index (χ0) is 15.2. The van der Waals surface area contributed by atoms with Crippen LogP contribution in [0.5, 0.6) is 0 Å². The highest BCUT2D eigenvalue weighted by Crippen LogP contribution is 2.26. The van der Waals surface area contributed by atoms with Crippen LogP contribution in [-0.2, 0) is 11.3 Å². The SMILES string of the molecule is CCNCc1cc(F)c(N(C)CC2CCCOC2)c(F)c1. The van der Waals surface area contributed by atoms with Crippen molar-refractivity contribution >= 4 is 5.69 Å². The van der Waals surface area contributed by atoms with Crippen molar-refractivity contribution in [2.75, 3.05) is 38.3 Å². The molecule has 21 heavy (non-hydrogen) atoms. The van der Waals surface area contributed by atoms with Crippen molar-refractivity contribution < 1.29 is 13.5 Å². The fourth-order valence-electron chi connectivity index (χ4n) is 2.78. The highest BCUT2D eigenvalue weighted by molar-refractivity contribution is 5.50. The Hall–Kier alpha value is -1.20. The number of ether oxygens (including phenoxy) is 1. The van der Waals surface area contributed by atoms with Gasteiger partial charge >= 0.3 is 0 Å². The van der Waals surface area contributed by atoms with Gasteiger partial charge in [0.25, 0.3) is 0 Å². The lowest BCUT2D eigenvalue weighted by Gasteiger charge is -2.29. The maximum absolute atomic E-state index is 14.2. The Morgan fingerprint density at radius 3 is 2.62 bits per heavy atom. The maximum Gasteiger partial charge on any atom is 0.149 e. The summed E-state index contributed by atoms with van der Waals surface area (Å²) in [6, 6.07) is 2.82. The molecule has 0 aliphatic carbocycles. The van der Waals surface area contributed by atoms with Crippen LogP contribution in [0.3, 0.4) is 0 Å². The first kappa shape index (κ1) is 16.2. The standard InChI is InChI=1S/C16H24F2N2O/c1-3-19-9-13-7-14(17)16(15(18)8-13)20(2)10-12-5-4-6-21-11-12/h7-8,12,19H,3-6,9-11H2,1-2H3. The van der Waals surface area contributed by atoms with Crippen LogP contribution in [-0.4, -0.2) is 33.4 Å². The summed E-state index contributed by atoms with van der Waals surface area (Å²) in [5.74, 6) is -0.659. The quantitative estimate of drug-likeness (QED) is 0.874. The lowest BCUT2D eigenvalue weighted by molar-refractivity contribution is 0.0575. The highest BCUT2D eigenvalue weighted by Gasteiger charge is 2.20. The van der Waals surface area contributed by atoms with Crippen molar-refractivity contribution in [2.45, 2.75) is 26.3 Å². The minimum atomic E-state index is -0.498. The van der Waals surface area contributed by atoms with Gasteiger partial charge in [-0.2, -0.15) is 0 Å². The third kappa shape index (κ3) is 4.38. The Morgan fingerprint density at radius 1 is 1.33 bits per heavy atom. The van der Waals surface area contributed by atoms with E-state index in [1.807, 2.05) is 6.92 Å². The summed E-state index contributed by atoms with van der Waals surface area (Å²) in [7, 11) is 1.74. The Labute approximate surface area is 125 Å². The van der Waals surface area contributed by atoms with Gasteiger partial charge in [0.1, 0.15) is 17.3 Å². The monoisotopic (exact) mass is 298 g/mol. The zero-order valence-corrected chi connectivity index (χ0v) is 12.8. The summed E-state index contributed by atoms with van der Waals surface area (Å²) in [4.78, 5) is 1.67. The van der Waals surface area contributed by atoms with Crippen molar-refractivity contribution in [2.24, 2.45) is 5.92 Å². The molecule has 1 atom stereocenters. The third-order valence-electron chi connectivity index (χ3n) is 3.82. The van der Waals surface area contributed by atoms with Crippen LogP contribution >= 0.6 is 0 Å². The molecule has 1 aliphatic rings. The zero-order valence-electron chi connectivity index (χ0n) is 12.8. The van der Waals surface area contributed by atoms with Crippen LogP contribution in [0.1, 0.15) is 25.3 Å². The van der Waals surface area contributed by atoms with Gasteiger partial charge < -0.3 is 15.0 Å². The molecule has 0 spiro atoms. The minimum Gasteiger partial charge on any atom is -0.381 e. The van der Waals surface area contributed by atoms with Gasteiger partial charge in [-0.1, -0.05) is 6.92 Å². The lowest BCUT2D eigenvalue weighted by Crippen LogP contribution is -2.32. The van der Waals surface area contributed by atoms with E-state index in [0.29, 0.717) is 31.2 Å².